The fourth-order valence-corrected chi connectivity index (χ4v) is 3.33. The molecule has 1 aromatic rings. The van der Waals surface area contributed by atoms with Crippen molar-refractivity contribution in [3.05, 3.63) is 24.2 Å². The molecule has 20 heavy (non-hydrogen) atoms. The first-order chi connectivity index (χ1) is 9.76. The largest absolute Gasteiger partial charge is 0.469 e. The number of furan rings is 1. The van der Waals surface area contributed by atoms with E-state index in [9.17, 15) is 0 Å². The van der Waals surface area contributed by atoms with E-state index in [0.717, 1.165) is 57.7 Å². The van der Waals surface area contributed by atoms with Crippen LogP contribution in [0.5, 0.6) is 0 Å². The SMILES string of the molecule is CC(CCc1ccco1)NC1CCOC2(CCOC2)C1. The van der Waals surface area contributed by atoms with Crippen molar-refractivity contribution in [3.8, 4) is 0 Å². The maximum atomic E-state index is 5.98. The van der Waals surface area contributed by atoms with E-state index in [4.69, 9.17) is 13.9 Å². The lowest BCUT2D eigenvalue weighted by molar-refractivity contribution is -0.0902. The number of aryl methyl sites for hydroxylation is 1. The monoisotopic (exact) mass is 279 g/mol. The third-order valence-corrected chi connectivity index (χ3v) is 4.48. The molecule has 0 saturated carbocycles. The number of rotatable bonds is 5. The Balaban J connectivity index is 1.44. The molecule has 0 aliphatic carbocycles. The highest BCUT2D eigenvalue weighted by Crippen LogP contribution is 2.33. The van der Waals surface area contributed by atoms with Crippen molar-refractivity contribution in [3.63, 3.8) is 0 Å². The van der Waals surface area contributed by atoms with Gasteiger partial charge in [-0.25, -0.2) is 0 Å². The summed E-state index contributed by atoms with van der Waals surface area (Å²) in [4.78, 5) is 0. The minimum Gasteiger partial charge on any atom is -0.469 e. The molecule has 2 saturated heterocycles. The average molecular weight is 279 g/mol. The average Bonchev–Trinajstić information content (AvgIpc) is 3.09. The second-order valence-corrected chi connectivity index (χ2v) is 6.21. The van der Waals surface area contributed by atoms with Crippen molar-refractivity contribution >= 4 is 0 Å². The minimum atomic E-state index is -0.00333. The topological polar surface area (TPSA) is 43.6 Å². The van der Waals surface area contributed by atoms with Crippen LogP contribution in [0.25, 0.3) is 0 Å². The van der Waals surface area contributed by atoms with E-state index < -0.39 is 0 Å². The molecule has 0 aromatic carbocycles. The van der Waals surface area contributed by atoms with Crippen molar-refractivity contribution in [2.24, 2.45) is 0 Å². The highest BCUT2D eigenvalue weighted by molar-refractivity contribution is 4.99. The molecule has 3 rings (SSSR count). The minimum absolute atomic E-state index is 0.00333. The summed E-state index contributed by atoms with van der Waals surface area (Å²) < 4.78 is 16.9. The van der Waals surface area contributed by atoms with E-state index in [-0.39, 0.29) is 5.60 Å². The van der Waals surface area contributed by atoms with Gasteiger partial charge in [0, 0.05) is 38.1 Å². The van der Waals surface area contributed by atoms with E-state index >= 15 is 0 Å². The fourth-order valence-electron chi connectivity index (χ4n) is 3.33. The summed E-state index contributed by atoms with van der Waals surface area (Å²) in [5.74, 6) is 1.08. The van der Waals surface area contributed by atoms with Gasteiger partial charge in [-0.1, -0.05) is 0 Å². The third kappa shape index (κ3) is 3.43. The van der Waals surface area contributed by atoms with Gasteiger partial charge in [-0.15, -0.1) is 0 Å². The predicted octanol–water partition coefficient (Wildman–Crippen LogP) is 2.53. The van der Waals surface area contributed by atoms with Gasteiger partial charge in [-0.3, -0.25) is 0 Å². The summed E-state index contributed by atoms with van der Waals surface area (Å²) in [7, 11) is 0. The highest BCUT2D eigenvalue weighted by atomic mass is 16.6. The van der Waals surface area contributed by atoms with Gasteiger partial charge in [-0.2, -0.15) is 0 Å². The van der Waals surface area contributed by atoms with Crippen LogP contribution in [0.4, 0.5) is 0 Å². The first-order valence-corrected chi connectivity index (χ1v) is 7.76. The summed E-state index contributed by atoms with van der Waals surface area (Å²) >= 11 is 0. The quantitative estimate of drug-likeness (QED) is 0.899. The van der Waals surface area contributed by atoms with Crippen LogP contribution >= 0.6 is 0 Å². The summed E-state index contributed by atoms with van der Waals surface area (Å²) in [5, 5.41) is 3.76. The van der Waals surface area contributed by atoms with Gasteiger partial charge < -0.3 is 19.2 Å². The van der Waals surface area contributed by atoms with Crippen LogP contribution in [-0.2, 0) is 15.9 Å². The zero-order valence-electron chi connectivity index (χ0n) is 12.3. The van der Waals surface area contributed by atoms with Gasteiger partial charge in [0.2, 0.25) is 0 Å². The smallest absolute Gasteiger partial charge is 0.103 e. The van der Waals surface area contributed by atoms with Crippen LogP contribution in [-0.4, -0.2) is 37.5 Å². The Bertz CT molecular complexity index is 398. The lowest BCUT2D eigenvalue weighted by Gasteiger charge is -2.38. The molecule has 3 atom stereocenters. The number of ether oxygens (including phenoxy) is 2. The zero-order valence-corrected chi connectivity index (χ0v) is 12.3. The molecule has 3 heterocycles. The number of hydrogen-bond donors (Lipinski definition) is 1. The summed E-state index contributed by atoms with van der Waals surface area (Å²) in [6.45, 7) is 4.73. The fraction of sp³-hybridized carbons (Fsp3) is 0.750. The summed E-state index contributed by atoms with van der Waals surface area (Å²) in [6.07, 6.45) is 7.08. The molecule has 1 N–H and O–H groups in total. The maximum absolute atomic E-state index is 5.98. The van der Waals surface area contributed by atoms with Gasteiger partial charge in [0.1, 0.15) is 5.76 Å². The second kappa shape index (κ2) is 6.29. The molecule has 2 fully saturated rings. The third-order valence-electron chi connectivity index (χ3n) is 4.48. The van der Waals surface area contributed by atoms with Crippen LogP contribution in [0.15, 0.2) is 22.8 Å². The van der Waals surface area contributed by atoms with E-state index in [1.807, 2.05) is 12.1 Å². The predicted molar refractivity (Wildman–Crippen MR) is 76.8 cm³/mol. The molecular formula is C16H25NO3. The first kappa shape index (κ1) is 14.1. The Labute approximate surface area is 120 Å². The van der Waals surface area contributed by atoms with Gasteiger partial charge in [0.15, 0.2) is 0 Å². The normalized spacial score (nSPS) is 31.8. The molecule has 4 heteroatoms. The second-order valence-electron chi connectivity index (χ2n) is 6.21. The van der Waals surface area contributed by atoms with Crippen molar-refractivity contribution in [2.45, 2.75) is 56.7 Å². The molecule has 0 radical (unpaired) electrons. The molecular weight excluding hydrogens is 254 g/mol. The van der Waals surface area contributed by atoms with Gasteiger partial charge >= 0.3 is 0 Å². The molecule has 112 valence electrons. The molecule has 2 aliphatic rings. The molecule has 4 nitrogen and oxygen atoms in total. The van der Waals surface area contributed by atoms with E-state index in [1.165, 1.54) is 0 Å². The van der Waals surface area contributed by atoms with Crippen LogP contribution in [0.2, 0.25) is 0 Å². The Morgan fingerprint density at radius 2 is 2.40 bits per heavy atom. The standard InChI is InChI=1S/C16H25NO3/c1-13(4-5-15-3-2-8-19-15)17-14-6-9-20-16(11-14)7-10-18-12-16/h2-3,8,13-14,17H,4-7,9-12H2,1H3. The number of nitrogens with one attached hydrogen (secondary N) is 1. The first-order valence-electron chi connectivity index (χ1n) is 7.76. The maximum Gasteiger partial charge on any atom is 0.103 e. The highest BCUT2D eigenvalue weighted by Gasteiger charge is 2.41. The van der Waals surface area contributed by atoms with Crippen molar-refractivity contribution < 1.29 is 13.9 Å². The number of hydrogen-bond acceptors (Lipinski definition) is 4. The van der Waals surface area contributed by atoms with Crippen LogP contribution in [0, 0.1) is 0 Å². The van der Waals surface area contributed by atoms with Crippen molar-refractivity contribution in [1.82, 2.24) is 5.32 Å². The van der Waals surface area contributed by atoms with Gasteiger partial charge in [0.05, 0.1) is 18.5 Å². The van der Waals surface area contributed by atoms with Gasteiger partial charge in [0.25, 0.3) is 0 Å². The summed E-state index contributed by atoms with van der Waals surface area (Å²) in [5.41, 5.74) is -0.00333. The molecule has 0 amide bonds. The molecule has 1 aromatic heterocycles. The molecule has 3 unspecified atom stereocenters. The Morgan fingerprint density at radius 1 is 1.45 bits per heavy atom. The summed E-state index contributed by atoms with van der Waals surface area (Å²) in [6, 6.07) is 5.06. The Morgan fingerprint density at radius 3 is 3.15 bits per heavy atom. The molecule has 1 spiro atoms. The molecule has 0 bridgehead atoms. The van der Waals surface area contributed by atoms with Crippen molar-refractivity contribution in [1.29, 1.82) is 0 Å². The zero-order chi connectivity index (χ0) is 13.8. The van der Waals surface area contributed by atoms with E-state index in [0.29, 0.717) is 12.1 Å². The Kier molecular flexibility index (Phi) is 4.44. The van der Waals surface area contributed by atoms with Gasteiger partial charge in [-0.05, 0) is 38.3 Å². The van der Waals surface area contributed by atoms with Crippen LogP contribution < -0.4 is 5.32 Å². The lowest BCUT2D eigenvalue weighted by atomic mass is 9.89. The van der Waals surface area contributed by atoms with Crippen molar-refractivity contribution in [2.75, 3.05) is 19.8 Å². The lowest BCUT2D eigenvalue weighted by Crippen LogP contribution is -2.49. The van der Waals surface area contributed by atoms with Crippen LogP contribution in [0.1, 0.15) is 38.4 Å². The Hall–Kier alpha value is -0.840. The van der Waals surface area contributed by atoms with Crippen LogP contribution in [0.3, 0.4) is 0 Å². The molecule has 2 aliphatic heterocycles. The van der Waals surface area contributed by atoms with E-state index in [2.05, 4.69) is 12.2 Å². The van der Waals surface area contributed by atoms with E-state index in [1.54, 1.807) is 6.26 Å².